The van der Waals surface area contributed by atoms with E-state index < -0.39 is 8.32 Å². The number of hydrogen-bond acceptors (Lipinski definition) is 2. The van der Waals surface area contributed by atoms with Crippen LogP contribution in [0.4, 0.5) is 0 Å². The first-order chi connectivity index (χ1) is 9.14. The van der Waals surface area contributed by atoms with Gasteiger partial charge < -0.3 is 9.16 Å². The van der Waals surface area contributed by atoms with Crippen LogP contribution in [0, 0.1) is 0 Å². The minimum Gasteiger partial charge on any atom is -0.413 e. The number of ether oxygens (including phenoxy) is 1. The summed E-state index contributed by atoms with van der Waals surface area (Å²) < 4.78 is 11.6. The molecule has 0 radical (unpaired) electrons. The van der Waals surface area contributed by atoms with Crippen LogP contribution in [0.15, 0.2) is 24.3 Å². The van der Waals surface area contributed by atoms with Gasteiger partial charge in [-0.05, 0) is 44.3 Å². The van der Waals surface area contributed by atoms with Crippen molar-refractivity contribution in [1.82, 2.24) is 0 Å². The van der Waals surface area contributed by atoms with Gasteiger partial charge in [-0.25, -0.2) is 0 Å². The number of rotatable bonds is 9. The first-order valence-electron chi connectivity index (χ1n) is 7.57. The van der Waals surface area contributed by atoms with Crippen molar-refractivity contribution < 1.29 is 9.16 Å². The zero-order valence-electron chi connectivity index (χ0n) is 14.6. The Hall–Kier alpha value is -0.383. The first-order valence-corrected chi connectivity index (χ1v) is 10.5. The molecule has 2 nitrogen and oxygen atoms in total. The van der Waals surface area contributed by atoms with Crippen LogP contribution >= 0.6 is 0 Å². The highest BCUT2D eigenvalue weighted by molar-refractivity contribution is 6.74. The minimum atomic E-state index is -1.62. The van der Waals surface area contributed by atoms with E-state index in [2.05, 4.69) is 53.4 Å². The van der Waals surface area contributed by atoms with Gasteiger partial charge in [0.25, 0.3) is 0 Å². The molecule has 118 valence electrons. The smallest absolute Gasteiger partial charge is 0.192 e. The molecule has 0 aliphatic carbocycles. The molecule has 0 fully saturated rings. The summed E-state index contributed by atoms with van der Waals surface area (Å²) in [5.74, 6) is 0. The molecule has 0 saturated heterocycles. The molecule has 0 saturated carbocycles. The molecule has 0 bridgehead atoms. The van der Waals surface area contributed by atoms with E-state index in [4.69, 9.17) is 9.16 Å². The molecule has 0 rings (SSSR count). The van der Waals surface area contributed by atoms with Crippen molar-refractivity contribution in [1.29, 1.82) is 0 Å². The van der Waals surface area contributed by atoms with Crippen molar-refractivity contribution in [3.8, 4) is 0 Å². The second-order valence-corrected chi connectivity index (χ2v) is 11.9. The molecule has 0 amide bonds. The van der Waals surface area contributed by atoms with Crippen LogP contribution in [0.5, 0.6) is 0 Å². The van der Waals surface area contributed by atoms with E-state index in [1.165, 1.54) is 5.57 Å². The van der Waals surface area contributed by atoms with Crippen LogP contribution < -0.4 is 0 Å². The molecule has 20 heavy (non-hydrogen) atoms. The van der Waals surface area contributed by atoms with Gasteiger partial charge in [-0.1, -0.05) is 38.5 Å². The standard InChI is InChI=1S/C17H34O2Si/c1-9-10-16(18-6)12-11-15(2)13-14-19-20(7,8)17(3,4)5/h9,13,16H,1,10-12,14H2,2-8H3/b15-13+/t16-/m0/s1. The van der Waals surface area contributed by atoms with E-state index in [9.17, 15) is 0 Å². The quantitative estimate of drug-likeness (QED) is 0.423. The zero-order valence-corrected chi connectivity index (χ0v) is 15.6. The Morgan fingerprint density at radius 3 is 2.35 bits per heavy atom. The predicted octanol–water partition coefficient (Wildman–Crippen LogP) is 5.33. The lowest BCUT2D eigenvalue weighted by Gasteiger charge is -2.35. The van der Waals surface area contributed by atoms with Crippen LogP contribution in [0.2, 0.25) is 18.1 Å². The lowest BCUT2D eigenvalue weighted by molar-refractivity contribution is 0.0980. The third-order valence-corrected chi connectivity index (χ3v) is 8.81. The van der Waals surface area contributed by atoms with Crippen molar-refractivity contribution >= 4 is 8.32 Å². The van der Waals surface area contributed by atoms with Gasteiger partial charge in [0.2, 0.25) is 0 Å². The summed E-state index contributed by atoms with van der Waals surface area (Å²) in [6, 6.07) is 0. The van der Waals surface area contributed by atoms with Crippen molar-refractivity contribution in [2.75, 3.05) is 13.7 Å². The van der Waals surface area contributed by atoms with Gasteiger partial charge in [0.1, 0.15) is 0 Å². The molecule has 0 aromatic carbocycles. The molecule has 1 atom stereocenters. The minimum absolute atomic E-state index is 0.278. The molecular weight excluding hydrogens is 264 g/mol. The zero-order chi connectivity index (χ0) is 15.8. The SMILES string of the molecule is C=CC[C@@H](CC/C(C)=C/CO[Si](C)(C)C(C)(C)C)OC. The van der Waals surface area contributed by atoms with Crippen molar-refractivity contribution in [3.05, 3.63) is 24.3 Å². The lowest BCUT2D eigenvalue weighted by Crippen LogP contribution is -2.40. The third-order valence-electron chi connectivity index (χ3n) is 4.31. The third kappa shape index (κ3) is 7.41. The second kappa shape index (κ2) is 8.80. The Morgan fingerprint density at radius 2 is 1.90 bits per heavy atom. The Morgan fingerprint density at radius 1 is 1.30 bits per heavy atom. The van der Waals surface area contributed by atoms with Gasteiger partial charge in [-0.15, -0.1) is 6.58 Å². The van der Waals surface area contributed by atoms with Gasteiger partial charge >= 0.3 is 0 Å². The molecular formula is C17H34O2Si. The first kappa shape index (κ1) is 19.6. The van der Waals surface area contributed by atoms with E-state index in [-0.39, 0.29) is 11.1 Å². The summed E-state index contributed by atoms with van der Waals surface area (Å²) >= 11 is 0. The fraction of sp³-hybridized carbons (Fsp3) is 0.765. The largest absolute Gasteiger partial charge is 0.413 e. The van der Waals surface area contributed by atoms with Crippen LogP contribution in [0.3, 0.4) is 0 Å². The van der Waals surface area contributed by atoms with Crippen LogP contribution in [0.1, 0.15) is 47.0 Å². The van der Waals surface area contributed by atoms with Gasteiger partial charge in [-0.3, -0.25) is 0 Å². The topological polar surface area (TPSA) is 18.5 Å². The summed E-state index contributed by atoms with van der Waals surface area (Å²) in [6.45, 7) is 18.1. The number of allylic oxidation sites excluding steroid dienone is 1. The Balaban J connectivity index is 4.18. The van der Waals surface area contributed by atoms with E-state index in [1.807, 2.05) is 6.08 Å². The molecule has 0 unspecified atom stereocenters. The number of hydrogen-bond donors (Lipinski definition) is 0. The van der Waals surface area contributed by atoms with Gasteiger partial charge in [0.05, 0.1) is 12.7 Å². The molecule has 0 spiro atoms. The summed E-state index contributed by atoms with van der Waals surface area (Å²) in [6.07, 6.45) is 7.47. The predicted molar refractivity (Wildman–Crippen MR) is 91.8 cm³/mol. The molecule has 3 heteroatoms. The van der Waals surface area contributed by atoms with E-state index in [0.717, 1.165) is 25.9 Å². The average molecular weight is 299 g/mol. The fourth-order valence-corrected chi connectivity index (χ4v) is 2.55. The maximum absolute atomic E-state index is 6.16. The lowest BCUT2D eigenvalue weighted by atomic mass is 10.1. The van der Waals surface area contributed by atoms with Crippen LogP contribution in [0.25, 0.3) is 0 Å². The molecule has 0 aliphatic rings. The van der Waals surface area contributed by atoms with Crippen molar-refractivity contribution in [2.45, 2.75) is 71.2 Å². The normalized spacial score (nSPS) is 15.2. The monoisotopic (exact) mass is 298 g/mol. The van der Waals surface area contributed by atoms with Gasteiger partial charge in [0.15, 0.2) is 8.32 Å². The fourth-order valence-electron chi connectivity index (χ4n) is 1.62. The summed E-state index contributed by atoms with van der Waals surface area (Å²) in [4.78, 5) is 0. The number of methoxy groups -OCH3 is 1. The maximum Gasteiger partial charge on any atom is 0.192 e. The molecule has 0 N–H and O–H groups in total. The highest BCUT2D eigenvalue weighted by Gasteiger charge is 2.36. The Bertz CT molecular complexity index is 313. The van der Waals surface area contributed by atoms with Crippen molar-refractivity contribution in [3.63, 3.8) is 0 Å². The summed E-state index contributed by atoms with van der Waals surface area (Å²) in [5, 5.41) is 0.278. The summed E-state index contributed by atoms with van der Waals surface area (Å²) in [5.41, 5.74) is 1.38. The second-order valence-electron chi connectivity index (χ2n) is 7.04. The highest BCUT2D eigenvalue weighted by Crippen LogP contribution is 2.36. The average Bonchev–Trinajstić information content (AvgIpc) is 2.32. The molecule has 0 aromatic heterocycles. The van der Waals surface area contributed by atoms with Crippen molar-refractivity contribution in [2.24, 2.45) is 0 Å². The van der Waals surface area contributed by atoms with E-state index in [1.54, 1.807) is 7.11 Å². The van der Waals surface area contributed by atoms with Crippen LogP contribution in [-0.4, -0.2) is 28.1 Å². The van der Waals surface area contributed by atoms with E-state index in [0.29, 0.717) is 0 Å². The maximum atomic E-state index is 6.16. The summed E-state index contributed by atoms with van der Waals surface area (Å²) in [7, 11) is 0.153. The highest BCUT2D eigenvalue weighted by atomic mass is 28.4. The molecule has 0 aliphatic heterocycles. The van der Waals surface area contributed by atoms with Crippen LogP contribution in [-0.2, 0) is 9.16 Å². The Kier molecular flexibility index (Phi) is 8.64. The van der Waals surface area contributed by atoms with E-state index >= 15 is 0 Å². The molecule has 0 heterocycles. The molecule has 0 aromatic rings. The van der Waals surface area contributed by atoms with Gasteiger partial charge in [-0.2, -0.15) is 0 Å². The van der Waals surface area contributed by atoms with Gasteiger partial charge in [0, 0.05) is 7.11 Å². The Labute approximate surface area is 127 Å².